The number of thioether (sulfide) groups is 1. The van der Waals surface area contributed by atoms with Crippen LogP contribution in [0, 0.1) is 0 Å². The first kappa shape index (κ1) is 13.2. The Kier molecular flexibility index (Phi) is 3.76. The number of methoxy groups -OCH3 is 1. The molecule has 0 saturated heterocycles. The molecule has 4 heteroatoms. The lowest BCUT2D eigenvalue weighted by atomic mass is 10.1. The largest absolute Gasteiger partial charge is 0.497 e. The minimum absolute atomic E-state index is 0.0856. The number of hydrogen-bond acceptors (Lipinski definition) is 4. The van der Waals surface area contributed by atoms with Crippen LogP contribution >= 0.6 is 11.8 Å². The van der Waals surface area contributed by atoms with Crippen molar-refractivity contribution >= 4 is 23.7 Å². The average molecular weight is 285 g/mol. The molecule has 0 amide bonds. The normalized spacial score (nSPS) is 21.1. The van der Waals surface area contributed by atoms with Crippen LogP contribution in [0.15, 0.2) is 58.4 Å². The highest BCUT2D eigenvalue weighted by Gasteiger charge is 2.24. The first-order chi connectivity index (χ1) is 9.78. The molecule has 20 heavy (non-hydrogen) atoms. The maximum absolute atomic E-state index is 10.3. The maximum atomic E-state index is 10.3. The Balaban J connectivity index is 1.99. The van der Waals surface area contributed by atoms with E-state index in [-0.39, 0.29) is 5.25 Å². The predicted octanol–water partition coefficient (Wildman–Crippen LogP) is 3.61. The van der Waals surface area contributed by atoms with Crippen LogP contribution in [-0.2, 0) is 0 Å². The van der Waals surface area contributed by atoms with Gasteiger partial charge in [-0.3, -0.25) is 4.99 Å². The molecule has 2 aromatic carbocycles. The number of hydrogen-bond donors (Lipinski definition) is 1. The third-order valence-electron chi connectivity index (χ3n) is 3.22. The van der Waals surface area contributed by atoms with Gasteiger partial charge in [0.1, 0.15) is 11.9 Å². The summed E-state index contributed by atoms with van der Waals surface area (Å²) in [5.41, 5.74) is 1.94. The second kappa shape index (κ2) is 5.69. The van der Waals surface area contributed by atoms with Gasteiger partial charge < -0.3 is 9.84 Å². The molecular weight excluding hydrogens is 270 g/mol. The molecule has 1 aliphatic rings. The van der Waals surface area contributed by atoms with Crippen LogP contribution in [0.5, 0.6) is 5.75 Å². The fourth-order valence-electron chi connectivity index (χ4n) is 2.19. The summed E-state index contributed by atoms with van der Waals surface area (Å²) < 4.78 is 5.26. The smallest absolute Gasteiger partial charge is 0.119 e. The first-order valence-corrected chi connectivity index (χ1v) is 7.28. The molecule has 2 atom stereocenters. The number of rotatable bonds is 2. The van der Waals surface area contributed by atoms with Crippen molar-refractivity contribution in [2.24, 2.45) is 4.99 Å². The SMILES string of the molecule is COc1cccc([C@@H]2Sc3ccccc3N=C[C@@H]2O)c1. The number of ether oxygens (including phenoxy) is 1. The molecule has 0 bridgehead atoms. The zero-order chi connectivity index (χ0) is 13.9. The Bertz CT molecular complexity index is 642. The highest BCUT2D eigenvalue weighted by Crippen LogP contribution is 2.44. The lowest BCUT2D eigenvalue weighted by molar-refractivity contribution is 0.244. The highest BCUT2D eigenvalue weighted by molar-refractivity contribution is 7.99. The Hall–Kier alpha value is -1.78. The van der Waals surface area contributed by atoms with Crippen molar-refractivity contribution in [3.63, 3.8) is 0 Å². The number of aliphatic hydroxyl groups excluding tert-OH is 1. The zero-order valence-electron chi connectivity index (χ0n) is 11.1. The van der Waals surface area contributed by atoms with Crippen LogP contribution in [0.3, 0.4) is 0 Å². The summed E-state index contributed by atoms with van der Waals surface area (Å²) in [6.45, 7) is 0. The quantitative estimate of drug-likeness (QED) is 0.916. The Labute approximate surface area is 122 Å². The average Bonchev–Trinajstić information content (AvgIpc) is 2.67. The van der Waals surface area contributed by atoms with Gasteiger partial charge in [0, 0.05) is 11.1 Å². The van der Waals surface area contributed by atoms with Crippen molar-refractivity contribution in [2.75, 3.05) is 7.11 Å². The van der Waals surface area contributed by atoms with E-state index < -0.39 is 6.10 Å². The molecule has 1 heterocycles. The van der Waals surface area contributed by atoms with Gasteiger partial charge in [-0.05, 0) is 29.8 Å². The fraction of sp³-hybridized carbons (Fsp3) is 0.188. The second-order valence-electron chi connectivity index (χ2n) is 4.55. The maximum Gasteiger partial charge on any atom is 0.119 e. The van der Waals surface area contributed by atoms with Crippen LogP contribution < -0.4 is 4.74 Å². The minimum Gasteiger partial charge on any atom is -0.497 e. The van der Waals surface area contributed by atoms with E-state index in [9.17, 15) is 5.11 Å². The lowest BCUT2D eigenvalue weighted by Gasteiger charge is -2.19. The summed E-state index contributed by atoms with van der Waals surface area (Å²) in [7, 11) is 1.65. The lowest BCUT2D eigenvalue weighted by Crippen LogP contribution is -2.16. The Morgan fingerprint density at radius 2 is 2.00 bits per heavy atom. The molecule has 3 rings (SSSR count). The second-order valence-corrected chi connectivity index (χ2v) is 5.73. The summed E-state index contributed by atoms with van der Waals surface area (Å²) in [6.07, 6.45) is 0.989. The highest BCUT2D eigenvalue weighted by atomic mass is 32.2. The molecule has 0 fully saturated rings. The van der Waals surface area contributed by atoms with Crippen molar-refractivity contribution in [1.29, 1.82) is 0 Å². The van der Waals surface area contributed by atoms with Gasteiger partial charge in [0.2, 0.25) is 0 Å². The third-order valence-corrected chi connectivity index (χ3v) is 4.62. The van der Waals surface area contributed by atoms with Gasteiger partial charge in [-0.2, -0.15) is 0 Å². The molecule has 0 saturated carbocycles. The number of fused-ring (bicyclic) bond motifs is 1. The van der Waals surface area contributed by atoms with E-state index in [1.54, 1.807) is 25.1 Å². The van der Waals surface area contributed by atoms with Crippen molar-refractivity contribution in [3.8, 4) is 5.75 Å². The standard InChI is InChI=1S/C16H15NO2S/c1-19-12-6-4-5-11(9-12)16-14(18)10-17-13-7-2-3-8-15(13)20-16/h2-10,14,16,18H,1H3/t14-,16-/m0/s1. The van der Waals surface area contributed by atoms with Gasteiger partial charge in [0.05, 0.1) is 18.0 Å². The van der Waals surface area contributed by atoms with Crippen LogP contribution in [0.25, 0.3) is 0 Å². The molecule has 102 valence electrons. The van der Waals surface area contributed by atoms with E-state index in [1.165, 1.54) is 0 Å². The van der Waals surface area contributed by atoms with Crippen LogP contribution in [0.2, 0.25) is 0 Å². The van der Waals surface area contributed by atoms with Gasteiger partial charge in [-0.15, -0.1) is 11.8 Å². The fourth-order valence-corrected chi connectivity index (χ4v) is 3.35. The topological polar surface area (TPSA) is 41.8 Å². The molecule has 1 N–H and O–H groups in total. The van der Waals surface area contributed by atoms with E-state index in [0.717, 1.165) is 21.9 Å². The number of benzene rings is 2. The van der Waals surface area contributed by atoms with E-state index in [1.807, 2.05) is 48.5 Å². The number of aliphatic imine (C=N–C) groups is 1. The predicted molar refractivity (Wildman–Crippen MR) is 82.2 cm³/mol. The van der Waals surface area contributed by atoms with Gasteiger partial charge in [0.25, 0.3) is 0 Å². The summed E-state index contributed by atoms with van der Waals surface area (Å²) in [5, 5.41) is 10.2. The summed E-state index contributed by atoms with van der Waals surface area (Å²) in [4.78, 5) is 5.44. The number of nitrogens with zero attached hydrogens (tertiary/aromatic N) is 1. The molecule has 0 spiro atoms. The monoisotopic (exact) mass is 285 g/mol. The summed E-state index contributed by atoms with van der Waals surface area (Å²) in [5.74, 6) is 0.796. The molecule has 0 radical (unpaired) electrons. The van der Waals surface area contributed by atoms with Crippen molar-refractivity contribution in [3.05, 3.63) is 54.1 Å². The summed E-state index contributed by atoms with van der Waals surface area (Å²) >= 11 is 1.63. The summed E-state index contributed by atoms with van der Waals surface area (Å²) in [6, 6.07) is 15.7. The van der Waals surface area contributed by atoms with Crippen molar-refractivity contribution in [1.82, 2.24) is 0 Å². The van der Waals surface area contributed by atoms with E-state index in [2.05, 4.69) is 4.99 Å². The van der Waals surface area contributed by atoms with Crippen LogP contribution in [0.1, 0.15) is 10.8 Å². The van der Waals surface area contributed by atoms with Gasteiger partial charge in [0.15, 0.2) is 0 Å². The third kappa shape index (κ3) is 2.57. The molecular formula is C16H15NO2S. The Morgan fingerprint density at radius 1 is 1.15 bits per heavy atom. The van der Waals surface area contributed by atoms with E-state index >= 15 is 0 Å². The molecule has 0 aliphatic carbocycles. The van der Waals surface area contributed by atoms with Crippen LogP contribution in [0.4, 0.5) is 5.69 Å². The molecule has 1 aliphatic heterocycles. The van der Waals surface area contributed by atoms with Gasteiger partial charge >= 0.3 is 0 Å². The van der Waals surface area contributed by atoms with Gasteiger partial charge in [-0.25, -0.2) is 0 Å². The number of aliphatic hydroxyl groups is 1. The van der Waals surface area contributed by atoms with Crippen molar-refractivity contribution in [2.45, 2.75) is 16.2 Å². The van der Waals surface area contributed by atoms with Gasteiger partial charge in [-0.1, -0.05) is 24.3 Å². The molecule has 0 aromatic heterocycles. The first-order valence-electron chi connectivity index (χ1n) is 6.40. The minimum atomic E-state index is -0.625. The molecule has 0 unspecified atom stereocenters. The Morgan fingerprint density at radius 3 is 2.85 bits per heavy atom. The zero-order valence-corrected chi connectivity index (χ0v) is 11.9. The van der Waals surface area contributed by atoms with E-state index in [0.29, 0.717) is 0 Å². The van der Waals surface area contributed by atoms with Crippen LogP contribution in [-0.4, -0.2) is 24.5 Å². The molecule has 2 aromatic rings. The van der Waals surface area contributed by atoms with E-state index in [4.69, 9.17) is 4.74 Å². The molecule has 3 nitrogen and oxygen atoms in total. The number of para-hydroxylation sites is 1. The van der Waals surface area contributed by atoms with Crippen molar-refractivity contribution < 1.29 is 9.84 Å².